The summed E-state index contributed by atoms with van der Waals surface area (Å²) in [6, 6.07) is 6.88. The molecule has 1 saturated heterocycles. The lowest BCUT2D eigenvalue weighted by atomic mass is 10.2. The van der Waals surface area contributed by atoms with Crippen LogP contribution in [0.25, 0.3) is 0 Å². The number of hydrogen-bond acceptors (Lipinski definition) is 5. The van der Waals surface area contributed by atoms with Crippen molar-refractivity contribution >= 4 is 17.5 Å². The summed E-state index contributed by atoms with van der Waals surface area (Å²) < 4.78 is 13.9. The van der Waals surface area contributed by atoms with Crippen LogP contribution in [0.1, 0.15) is 24.2 Å². The zero-order valence-corrected chi connectivity index (χ0v) is 14.4. The standard InChI is InChI=1S/C18H22FN5O/c1-13(2)22-17(25)14-11-20-18(21-12-14)24-9-7-23(8-10-24)16-6-4-3-5-15(16)19/h3-6,11-13H,7-10H2,1-2H3,(H,22,25). The van der Waals surface area contributed by atoms with Gasteiger partial charge in [0.1, 0.15) is 5.82 Å². The van der Waals surface area contributed by atoms with Crippen molar-refractivity contribution in [2.24, 2.45) is 0 Å². The Labute approximate surface area is 146 Å². The molecule has 25 heavy (non-hydrogen) atoms. The van der Waals surface area contributed by atoms with E-state index in [9.17, 15) is 9.18 Å². The van der Waals surface area contributed by atoms with Crippen molar-refractivity contribution in [3.05, 3.63) is 48.0 Å². The van der Waals surface area contributed by atoms with Crippen LogP contribution in [0.3, 0.4) is 0 Å². The fourth-order valence-electron chi connectivity index (χ4n) is 2.80. The van der Waals surface area contributed by atoms with Crippen LogP contribution in [-0.4, -0.2) is 48.1 Å². The first kappa shape index (κ1) is 17.1. The van der Waals surface area contributed by atoms with E-state index in [2.05, 4.69) is 15.3 Å². The smallest absolute Gasteiger partial charge is 0.254 e. The van der Waals surface area contributed by atoms with Crippen LogP contribution in [0.5, 0.6) is 0 Å². The summed E-state index contributed by atoms with van der Waals surface area (Å²) in [6.45, 7) is 6.60. The molecular weight excluding hydrogens is 321 g/mol. The van der Waals surface area contributed by atoms with E-state index >= 15 is 0 Å². The van der Waals surface area contributed by atoms with E-state index in [0.29, 0.717) is 43.4 Å². The molecule has 0 atom stereocenters. The average Bonchev–Trinajstić information content (AvgIpc) is 2.62. The maximum Gasteiger partial charge on any atom is 0.254 e. The molecule has 6 nitrogen and oxygen atoms in total. The number of benzene rings is 1. The van der Waals surface area contributed by atoms with Crippen molar-refractivity contribution in [3.8, 4) is 0 Å². The minimum Gasteiger partial charge on any atom is -0.366 e. The number of carbonyl (C=O) groups is 1. The molecule has 3 rings (SSSR count). The number of halogens is 1. The highest BCUT2D eigenvalue weighted by molar-refractivity contribution is 5.93. The Balaban J connectivity index is 1.61. The molecule has 2 aromatic rings. The quantitative estimate of drug-likeness (QED) is 0.921. The van der Waals surface area contributed by atoms with Gasteiger partial charge >= 0.3 is 0 Å². The van der Waals surface area contributed by atoms with Gasteiger partial charge in [-0.2, -0.15) is 0 Å². The minimum absolute atomic E-state index is 0.0682. The van der Waals surface area contributed by atoms with Crippen molar-refractivity contribution in [1.29, 1.82) is 0 Å². The summed E-state index contributed by atoms with van der Waals surface area (Å²) in [6.07, 6.45) is 3.09. The molecule has 1 aliphatic heterocycles. The van der Waals surface area contributed by atoms with Crippen molar-refractivity contribution in [2.45, 2.75) is 19.9 Å². The highest BCUT2D eigenvalue weighted by Gasteiger charge is 2.21. The van der Waals surface area contributed by atoms with E-state index in [4.69, 9.17) is 0 Å². The SMILES string of the molecule is CC(C)NC(=O)c1cnc(N2CCN(c3ccccc3F)CC2)nc1. The van der Waals surface area contributed by atoms with Gasteiger partial charge in [-0.25, -0.2) is 14.4 Å². The number of carbonyl (C=O) groups excluding carboxylic acids is 1. The number of piperazine rings is 1. The van der Waals surface area contributed by atoms with Gasteiger partial charge < -0.3 is 15.1 Å². The molecule has 0 unspecified atom stereocenters. The second-order valence-corrected chi connectivity index (χ2v) is 6.33. The first-order valence-electron chi connectivity index (χ1n) is 8.42. The van der Waals surface area contributed by atoms with E-state index in [1.165, 1.54) is 6.07 Å². The van der Waals surface area contributed by atoms with Gasteiger partial charge in [0.25, 0.3) is 5.91 Å². The Morgan fingerprint density at radius 2 is 1.68 bits per heavy atom. The Hall–Kier alpha value is -2.70. The molecule has 0 saturated carbocycles. The van der Waals surface area contributed by atoms with E-state index in [0.717, 1.165) is 0 Å². The summed E-state index contributed by atoms with van der Waals surface area (Å²) in [5, 5.41) is 2.81. The summed E-state index contributed by atoms with van der Waals surface area (Å²) in [4.78, 5) is 24.6. The van der Waals surface area contributed by atoms with Crippen LogP contribution in [-0.2, 0) is 0 Å². The van der Waals surface area contributed by atoms with Crippen LogP contribution in [0.4, 0.5) is 16.0 Å². The van der Waals surface area contributed by atoms with E-state index in [-0.39, 0.29) is 17.8 Å². The van der Waals surface area contributed by atoms with Crippen molar-refractivity contribution in [1.82, 2.24) is 15.3 Å². The van der Waals surface area contributed by atoms with Gasteiger partial charge in [-0.15, -0.1) is 0 Å². The molecule has 1 fully saturated rings. The lowest BCUT2D eigenvalue weighted by molar-refractivity contribution is 0.0942. The summed E-state index contributed by atoms with van der Waals surface area (Å²) in [5.41, 5.74) is 1.08. The Kier molecular flexibility index (Phi) is 5.11. The molecule has 0 spiro atoms. The van der Waals surface area contributed by atoms with Gasteiger partial charge in [0.15, 0.2) is 0 Å². The predicted octanol–water partition coefficient (Wildman–Crippen LogP) is 2.08. The number of nitrogens with zero attached hydrogens (tertiary/aromatic N) is 4. The monoisotopic (exact) mass is 343 g/mol. The maximum atomic E-state index is 13.9. The van der Waals surface area contributed by atoms with Gasteiger partial charge in [-0.3, -0.25) is 4.79 Å². The highest BCUT2D eigenvalue weighted by atomic mass is 19.1. The molecule has 1 aliphatic rings. The number of aromatic nitrogens is 2. The number of rotatable bonds is 4. The number of para-hydroxylation sites is 1. The lowest BCUT2D eigenvalue weighted by Crippen LogP contribution is -2.47. The molecule has 1 aromatic carbocycles. The number of hydrogen-bond donors (Lipinski definition) is 1. The second kappa shape index (κ2) is 7.46. The first-order chi connectivity index (χ1) is 12.0. The van der Waals surface area contributed by atoms with Crippen LogP contribution >= 0.6 is 0 Å². The van der Waals surface area contributed by atoms with E-state index in [1.807, 2.05) is 29.7 Å². The van der Waals surface area contributed by atoms with Crippen LogP contribution in [0, 0.1) is 5.82 Å². The highest BCUT2D eigenvalue weighted by Crippen LogP contribution is 2.21. The third-order valence-electron chi connectivity index (χ3n) is 4.08. The molecule has 7 heteroatoms. The van der Waals surface area contributed by atoms with Crippen molar-refractivity contribution in [3.63, 3.8) is 0 Å². The Morgan fingerprint density at radius 1 is 1.08 bits per heavy atom. The largest absolute Gasteiger partial charge is 0.366 e. The van der Waals surface area contributed by atoms with Crippen molar-refractivity contribution < 1.29 is 9.18 Å². The van der Waals surface area contributed by atoms with Crippen molar-refractivity contribution in [2.75, 3.05) is 36.0 Å². The summed E-state index contributed by atoms with van der Waals surface area (Å²) >= 11 is 0. The topological polar surface area (TPSA) is 61.4 Å². The molecule has 0 aliphatic carbocycles. The molecule has 1 N–H and O–H groups in total. The molecule has 0 radical (unpaired) electrons. The molecule has 1 aromatic heterocycles. The van der Waals surface area contributed by atoms with Gasteiger partial charge in [0.2, 0.25) is 5.95 Å². The third kappa shape index (κ3) is 4.04. The fraction of sp³-hybridized carbons (Fsp3) is 0.389. The number of amides is 1. The first-order valence-corrected chi connectivity index (χ1v) is 8.42. The van der Waals surface area contributed by atoms with E-state index < -0.39 is 0 Å². The molecule has 0 bridgehead atoms. The fourth-order valence-corrected chi connectivity index (χ4v) is 2.80. The van der Waals surface area contributed by atoms with Crippen LogP contribution in [0.2, 0.25) is 0 Å². The normalized spacial score (nSPS) is 14.7. The van der Waals surface area contributed by atoms with Gasteiger partial charge in [0, 0.05) is 44.6 Å². The summed E-state index contributed by atoms with van der Waals surface area (Å²) in [7, 11) is 0. The van der Waals surface area contributed by atoms with Crippen LogP contribution in [0.15, 0.2) is 36.7 Å². The number of anilines is 2. The average molecular weight is 343 g/mol. The Morgan fingerprint density at radius 3 is 2.28 bits per heavy atom. The molecule has 2 heterocycles. The summed E-state index contributed by atoms with van der Waals surface area (Å²) in [5.74, 6) is 0.216. The van der Waals surface area contributed by atoms with Gasteiger partial charge in [-0.1, -0.05) is 12.1 Å². The van der Waals surface area contributed by atoms with E-state index in [1.54, 1.807) is 24.5 Å². The zero-order valence-electron chi connectivity index (χ0n) is 14.4. The minimum atomic E-state index is -0.201. The predicted molar refractivity (Wildman–Crippen MR) is 95.5 cm³/mol. The molecule has 1 amide bonds. The van der Waals surface area contributed by atoms with Crippen LogP contribution < -0.4 is 15.1 Å². The third-order valence-corrected chi connectivity index (χ3v) is 4.08. The van der Waals surface area contributed by atoms with Gasteiger partial charge in [0.05, 0.1) is 11.3 Å². The maximum absolute atomic E-state index is 13.9. The molecular formula is C18H22FN5O. The second-order valence-electron chi connectivity index (χ2n) is 6.33. The zero-order chi connectivity index (χ0) is 17.8. The lowest BCUT2D eigenvalue weighted by Gasteiger charge is -2.36. The number of nitrogens with one attached hydrogen (secondary N) is 1. The van der Waals surface area contributed by atoms with Gasteiger partial charge in [-0.05, 0) is 26.0 Å². The Bertz CT molecular complexity index is 727. The molecule has 132 valence electrons.